The van der Waals surface area contributed by atoms with Crippen LogP contribution in [0.3, 0.4) is 0 Å². The molecule has 284 valence electrons. The summed E-state index contributed by atoms with van der Waals surface area (Å²) in [5.74, 6) is 0. The van der Waals surface area contributed by atoms with E-state index in [2.05, 4.69) is 225 Å². The molecule has 60 heavy (non-hydrogen) atoms. The summed E-state index contributed by atoms with van der Waals surface area (Å²) in [5, 5.41) is 2.27. The van der Waals surface area contributed by atoms with Crippen molar-refractivity contribution >= 4 is 39.0 Å². The van der Waals surface area contributed by atoms with Crippen LogP contribution in [-0.4, -0.2) is 0 Å². The number of hydrogen-bond donors (Lipinski definition) is 0. The normalized spacial score (nSPS) is 15.7. The van der Waals surface area contributed by atoms with Crippen LogP contribution < -0.4 is 4.90 Å². The van der Waals surface area contributed by atoms with Gasteiger partial charge in [0, 0.05) is 33.2 Å². The third-order valence-corrected chi connectivity index (χ3v) is 13.4. The topological polar surface area (TPSA) is 16.4 Å². The highest BCUT2D eigenvalue weighted by molar-refractivity contribution is 6.05. The predicted molar refractivity (Wildman–Crippen MR) is 249 cm³/mol. The van der Waals surface area contributed by atoms with Crippen molar-refractivity contribution in [2.24, 2.45) is 0 Å². The number of nitrogens with zero attached hydrogens (tertiary/aromatic N) is 1. The van der Waals surface area contributed by atoms with Crippen LogP contribution in [0, 0.1) is 0 Å². The third-order valence-electron chi connectivity index (χ3n) is 13.4. The zero-order chi connectivity index (χ0) is 40.0. The van der Waals surface area contributed by atoms with Gasteiger partial charge in [-0.15, -0.1) is 0 Å². The fourth-order valence-electron chi connectivity index (χ4n) is 10.6. The molecular weight excluding hydrogens is 727 g/mol. The number of anilines is 3. The number of fused-ring (bicyclic) bond motifs is 9. The Morgan fingerprint density at radius 3 is 1.63 bits per heavy atom. The zero-order valence-electron chi connectivity index (χ0n) is 33.6. The van der Waals surface area contributed by atoms with Gasteiger partial charge in [-0.05, 0) is 115 Å². The van der Waals surface area contributed by atoms with Crippen molar-refractivity contribution in [3.63, 3.8) is 0 Å². The molecule has 0 saturated carbocycles. The van der Waals surface area contributed by atoms with E-state index in [9.17, 15) is 0 Å². The quantitative estimate of drug-likeness (QED) is 0.168. The van der Waals surface area contributed by atoms with E-state index in [1.54, 1.807) is 0 Å². The first kappa shape index (κ1) is 34.6. The van der Waals surface area contributed by atoms with Gasteiger partial charge in [-0.1, -0.05) is 178 Å². The van der Waals surface area contributed by atoms with Crippen LogP contribution >= 0.6 is 0 Å². The molecule has 0 bridgehead atoms. The third kappa shape index (κ3) is 4.94. The van der Waals surface area contributed by atoms with Gasteiger partial charge in [0.15, 0.2) is 0 Å². The molecule has 0 radical (unpaired) electrons. The highest BCUT2D eigenvalue weighted by atomic mass is 16.3. The van der Waals surface area contributed by atoms with E-state index in [1.807, 2.05) is 6.07 Å². The van der Waals surface area contributed by atoms with Crippen LogP contribution in [0.2, 0.25) is 0 Å². The Balaban J connectivity index is 1.10. The summed E-state index contributed by atoms with van der Waals surface area (Å²) in [6, 6.07) is 78.1. The molecule has 0 aliphatic heterocycles. The monoisotopic (exact) mass is 767 g/mol. The maximum absolute atomic E-state index is 6.60. The average molecular weight is 768 g/mol. The van der Waals surface area contributed by atoms with Crippen LogP contribution in [0.1, 0.15) is 47.2 Å². The summed E-state index contributed by atoms with van der Waals surface area (Å²) < 4.78 is 6.60. The molecule has 0 fully saturated rings. The minimum Gasteiger partial charge on any atom is -0.456 e. The van der Waals surface area contributed by atoms with Gasteiger partial charge in [-0.25, -0.2) is 0 Å². The minimum absolute atomic E-state index is 0.137. The smallest absolute Gasteiger partial charge is 0.135 e. The van der Waals surface area contributed by atoms with Crippen molar-refractivity contribution in [2.45, 2.75) is 24.7 Å². The van der Waals surface area contributed by atoms with Crippen LogP contribution in [0.25, 0.3) is 55.3 Å². The maximum atomic E-state index is 6.60. The van der Waals surface area contributed by atoms with Gasteiger partial charge in [-0.3, -0.25) is 0 Å². The Hall–Kier alpha value is -7.42. The summed E-state index contributed by atoms with van der Waals surface area (Å²) >= 11 is 0. The summed E-state index contributed by atoms with van der Waals surface area (Å²) in [6.07, 6.45) is 0. The van der Waals surface area contributed by atoms with Crippen LogP contribution in [0.4, 0.5) is 17.1 Å². The van der Waals surface area contributed by atoms with E-state index in [-0.39, 0.29) is 5.41 Å². The van der Waals surface area contributed by atoms with E-state index in [0.717, 1.165) is 39.0 Å². The second-order valence-electron chi connectivity index (χ2n) is 16.8. The van der Waals surface area contributed by atoms with Crippen molar-refractivity contribution in [1.29, 1.82) is 0 Å². The summed E-state index contributed by atoms with van der Waals surface area (Å²) in [4.78, 5) is 2.45. The second-order valence-corrected chi connectivity index (χ2v) is 16.8. The second kappa shape index (κ2) is 13.0. The Labute approximate surface area is 350 Å². The molecule has 2 aliphatic rings. The molecule has 1 atom stereocenters. The Morgan fingerprint density at radius 2 is 0.883 bits per heavy atom. The number of rotatable bonds is 6. The lowest BCUT2D eigenvalue weighted by Crippen LogP contribution is -2.28. The lowest BCUT2D eigenvalue weighted by atomic mass is 9.67. The Kier molecular flexibility index (Phi) is 7.52. The lowest BCUT2D eigenvalue weighted by Gasteiger charge is -2.35. The maximum Gasteiger partial charge on any atom is 0.135 e. The van der Waals surface area contributed by atoms with E-state index >= 15 is 0 Å². The Morgan fingerprint density at radius 1 is 0.350 bits per heavy atom. The molecule has 0 N–H and O–H groups in total. The van der Waals surface area contributed by atoms with Gasteiger partial charge in [0.1, 0.15) is 11.2 Å². The minimum atomic E-state index is -0.610. The lowest BCUT2D eigenvalue weighted by molar-refractivity contribution is 0.660. The SMILES string of the molecule is CC1(C)c2ccccc2-c2ccc(N(c3ccc(-c4ccccc4)cc3)c3ccc4c(c3)C(c3ccccc3)(c3ccc5c(c3)oc3ccccc35)c3ccccc3-4)cc21. The molecule has 1 heterocycles. The molecule has 12 rings (SSSR count). The van der Waals surface area contributed by atoms with E-state index in [1.165, 1.54) is 66.8 Å². The van der Waals surface area contributed by atoms with Gasteiger partial charge in [0.25, 0.3) is 0 Å². The summed E-state index contributed by atoms with van der Waals surface area (Å²) in [7, 11) is 0. The number of para-hydroxylation sites is 1. The van der Waals surface area contributed by atoms with Crippen molar-refractivity contribution in [2.75, 3.05) is 4.90 Å². The highest BCUT2D eigenvalue weighted by Gasteiger charge is 2.47. The molecule has 2 nitrogen and oxygen atoms in total. The molecule has 0 amide bonds. The molecule has 10 aromatic rings. The van der Waals surface area contributed by atoms with Crippen LogP contribution in [0.15, 0.2) is 217 Å². The van der Waals surface area contributed by atoms with Gasteiger partial charge in [-0.2, -0.15) is 0 Å². The fourth-order valence-corrected chi connectivity index (χ4v) is 10.6. The molecular formula is C58H41NO. The molecule has 2 aliphatic carbocycles. The largest absolute Gasteiger partial charge is 0.456 e. The van der Waals surface area contributed by atoms with E-state index in [0.29, 0.717) is 0 Å². The first-order chi connectivity index (χ1) is 29.5. The predicted octanol–water partition coefficient (Wildman–Crippen LogP) is 15.4. The number of benzene rings is 9. The summed E-state index contributed by atoms with van der Waals surface area (Å²) in [6.45, 7) is 4.72. The zero-order valence-corrected chi connectivity index (χ0v) is 33.6. The van der Waals surface area contributed by atoms with Gasteiger partial charge in [0.2, 0.25) is 0 Å². The first-order valence-corrected chi connectivity index (χ1v) is 20.9. The van der Waals surface area contributed by atoms with Gasteiger partial charge < -0.3 is 9.32 Å². The number of furan rings is 1. The molecule has 0 saturated heterocycles. The summed E-state index contributed by atoms with van der Waals surface area (Å²) in [5.41, 5.74) is 19.6. The van der Waals surface area contributed by atoms with E-state index in [4.69, 9.17) is 4.42 Å². The average Bonchev–Trinajstić information content (AvgIpc) is 3.90. The van der Waals surface area contributed by atoms with Crippen molar-refractivity contribution < 1.29 is 4.42 Å². The molecule has 9 aromatic carbocycles. The molecule has 2 heteroatoms. The first-order valence-electron chi connectivity index (χ1n) is 20.9. The van der Waals surface area contributed by atoms with Gasteiger partial charge >= 0.3 is 0 Å². The van der Waals surface area contributed by atoms with Crippen molar-refractivity contribution in [3.05, 3.63) is 246 Å². The van der Waals surface area contributed by atoms with Crippen LogP contribution in [-0.2, 0) is 10.8 Å². The molecule has 1 unspecified atom stereocenters. The Bertz CT molecular complexity index is 3280. The highest BCUT2D eigenvalue weighted by Crippen LogP contribution is 2.58. The number of hydrogen-bond acceptors (Lipinski definition) is 2. The molecule has 1 aromatic heterocycles. The van der Waals surface area contributed by atoms with Gasteiger partial charge in [0.05, 0.1) is 5.41 Å². The fraction of sp³-hybridized carbons (Fsp3) is 0.0690. The van der Waals surface area contributed by atoms with Crippen molar-refractivity contribution in [1.82, 2.24) is 0 Å². The molecule has 0 spiro atoms. The van der Waals surface area contributed by atoms with Crippen LogP contribution in [0.5, 0.6) is 0 Å². The standard InChI is InChI=1S/C58H41NO/c1-57(2)51-22-12-9-19-45(51)47-33-30-43(36-53(47)57)59(42-28-25-39(26-29-42)38-15-5-3-6-16-38)44-31-34-48-46-20-10-13-23-52(46)58(54(48)37-44,40-17-7-4-8-18-40)41-27-32-50-49-21-11-14-24-55(49)60-56(50)35-41/h3-37H,1-2H3. The van der Waals surface area contributed by atoms with Crippen molar-refractivity contribution in [3.8, 4) is 33.4 Å². The van der Waals surface area contributed by atoms with E-state index < -0.39 is 5.41 Å².